The number of thioether (sulfide) groups is 1. The highest BCUT2D eigenvalue weighted by Gasteiger charge is 2.09. The van der Waals surface area contributed by atoms with Crippen molar-refractivity contribution in [3.63, 3.8) is 0 Å². The number of halogens is 1. The number of aromatic nitrogens is 1. The molecule has 0 unspecified atom stereocenters. The Morgan fingerprint density at radius 3 is 2.91 bits per heavy atom. The summed E-state index contributed by atoms with van der Waals surface area (Å²) in [5.74, 6) is -0.127. The van der Waals surface area contributed by atoms with Crippen LogP contribution in [0.3, 0.4) is 0 Å². The molecule has 0 bridgehead atoms. The van der Waals surface area contributed by atoms with Crippen molar-refractivity contribution in [3.8, 4) is 0 Å². The van der Waals surface area contributed by atoms with Crippen LogP contribution >= 0.6 is 34.7 Å². The van der Waals surface area contributed by atoms with Crippen LogP contribution in [0, 0.1) is 0 Å². The zero-order valence-corrected chi connectivity index (χ0v) is 14.4. The van der Waals surface area contributed by atoms with Crippen molar-refractivity contribution in [3.05, 3.63) is 23.2 Å². The summed E-state index contributed by atoms with van der Waals surface area (Å²) in [5.41, 5.74) is 0.833. The van der Waals surface area contributed by atoms with Crippen LogP contribution in [0.5, 0.6) is 0 Å². The molecule has 0 radical (unpaired) electrons. The van der Waals surface area contributed by atoms with Crippen molar-refractivity contribution in [1.29, 1.82) is 0 Å². The lowest BCUT2D eigenvalue weighted by atomic mass is 10.3. The van der Waals surface area contributed by atoms with Crippen molar-refractivity contribution >= 4 is 56.7 Å². The fourth-order valence-electron chi connectivity index (χ4n) is 1.63. The number of thiazole rings is 1. The third kappa shape index (κ3) is 5.15. The van der Waals surface area contributed by atoms with Crippen molar-refractivity contribution in [2.24, 2.45) is 0 Å². The Balaban J connectivity index is 1.78. The average Bonchev–Trinajstić information content (AvgIpc) is 2.90. The van der Waals surface area contributed by atoms with Crippen LogP contribution in [0.1, 0.15) is 13.3 Å². The number of rotatable bonds is 7. The first-order valence-electron chi connectivity index (χ1n) is 6.80. The Labute approximate surface area is 141 Å². The molecule has 0 atom stereocenters. The summed E-state index contributed by atoms with van der Waals surface area (Å²) in [5, 5.41) is 5.93. The van der Waals surface area contributed by atoms with E-state index in [4.69, 9.17) is 11.6 Å². The normalized spacial score (nSPS) is 10.6. The van der Waals surface area contributed by atoms with Crippen molar-refractivity contribution in [2.45, 2.75) is 17.7 Å². The monoisotopic (exact) mass is 357 g/mol. The van der Waals surface area contributed by atoms with E-state index in [1.165, 1.54) is 23.1 Å². The van der Waals surface area contributed by atoms with E-state index in [0.29, 0.717) is 11.6 Å². The van der Waals surface area contributed by atoms with Crippen LogP contribution in [0.15, 0.2) is 22.5 Å². The molecule has 1 heterocycles. The summed E-state index contributed by atoms with van der Waals surface area (Å²) in [6, 6.07) is 5.53. The van der Waals surface area contributed by atoms with Gasteiger partial charge in [-0.05, 0) is 24.6 Å². The van der Waals surface area contributed by atoms with Gasteiger partial charge in [0.05, 0.1) is 22.5 Å². The number of nitrogens with one attached hydrogen (secondary N) is 2. The molecule has 118 valence electrons. The first-order chi connectivity index (χ1) is 10.6. The molecular formula is C14H16ClN3O2S2. The number of carbonyl (C=O) groups is 2. The number of hydrogen-bond acceptors (Lipinski definition) is 5. The SMILES string of the molecule is CCCNC(=O)CNC(=O)CSc1nc2cc(Cl)ccc2s1. The molecule has 5 nitrogen and oxygen atoms in total. The molecule has 2 N–H and O–H groups in total. The fourth-order valence-corrected chi connectivity index (χ4v) is 3.67. The third-order valence-electron chi connectivity index (χ3n) is 2.68. The molecule has 8 heteroatoms. The third-order valence-corrected chi connectivity index (χ3v) is 5.09. The van der Waals surface area contributed by atoms with Crippen LogP contribution in [0.4, 0.5) is 0 Å². The van der Waals surface area contributed by atoms with E-state index in [0.717, 1.165) is 21.0 Å². The van der Waals surface area contributed by atoms with Crippen molar-refractivity contribution < 1.29 is 9.59 Å². The van der Waals surface area contributed by atoms with Gasteiger partial charge in [0.25, 0.3) is 0 Å². The Morgan fingerprint density at radius 2 is 2.14 bits per heavy atom. The molecular weight excluding hydrogens is 342 g/mol. The Bertz CT molecular complexity index is 675. The summed E-state index contributed by atoms with van der Waals surface area (Å²) < 4.78 is 1.84. The second-order valence-electron chi connectivity index (χ2n) is 4.51. The Hall–Kier alpha value is -1.31. The second kappa shape index (κ2) is 8.36. The highest BCUT2D eigenvalue weighted by Crippen LogP contribution is 2.30. The van der Waals surface area contributed by atoms with Crippen LogP contribution in [0.25, 0.3) is 10.2 Å². The van der Waals surface area contributed by atoms with Gasteiger partial charge in [-0.1, -0.05) is 30.3 Å². The minimum Gasteiger partial charge on any atom is -0.355 e. The number of nitrogens with zero attached hydrogens (tertiary/aromatic N) is 1. The van der Waals surface area contributed by atoms with Gasteiger partial charge in [0.2, 0.25) is 11.8 Å². The van der Waals surface area contributed by atoms with E-state index in [1.807, 2.05) is 19.1 Å². The molecule has 2 rings (SSSR count). The van der Waals surface area contributed by atoms with E-state index in [9.17, 15) is 9.59 Å². The Kier molecular flexibility index (Phi) is 6.48. The lowest BCUT2D eigenvalue weighted by Crippen LogP contribution is -2.37. The molecule has 0 aliphatic heterocycles. The molecule has 0 saturated carbocycles. The first-order valence-corrected chi connectivity index (χ1v) is 8.98. The predicted molar refractivity (Wildman–Crippen MR) is 91.7 cm³/mol. The minimum absolute atomic E-state index is 0.00878. The van der Waals surface area contributed by atoms with Gasteiger partial charge in [0.1, 0.15) is 0 Å². The molecule has 0 saturated heterocycles. The average molecular weight is 358 g/mol. The summed E-state index contributed by atoms with van der Waals surface area (Å²) in [4.78, 5) is 27.5. The molecule has 2 aromatic rings. The van der Waals surface area contributed by atoms with Gasteiger partial charge in [-0.3, -0.25) is 9.59 Å². The largest absolute Gasteiger partial charge is 0.355 e. The molecule has 0 spiro atoms. The van der Waals surface area contributed by atoms with Gasteiger partial charge in [-0.15, -0.1) is 11.3 Å². The molecule has 22 heavy (non-hydrogen) atoms. The zero-order chi connectivity index (χ0) is 15.9. The van der Waals surface area contributed by atoms with E-state index in [1.54, 1.807) is 6.07 Å². The van der Waals surface area contributed by atoms with Gasteiger partial charge in [0, 0.05) is 11.6 Å². The lowest BCUT2D eigenvalue weighted by molar-refractivity contribution is -0.124. The minimum atomic E-state index is -0.186. The summed E-state index contributed by atoms with van der Waals surface area (Å²) in [7, 11) is 0. The van der Waals surface area contributed by atoms with Crippen LogP contribution in [-0.4, -0.2) is 35.6 Å². The molecule has 1 aromatic heterocycles. The highest BCUT2D eigenvalue weighted by atomic mass is 35.5. The summed E-state index contributed by atoms with van der Waals surface area (Å²) in [6.45, 7) is 2.60. The number of amides is 2. The summed E-state index contributed by atoms with van der Waals surface area (Å²) in [6.07, 6.45) is 0.872. The van der Waals surface area contributed by atoms with E-state index >= 15 is 0 Å². The first kappa shape index (κ1) is 17.1. The van der Waals surface area contributed by atoms with Gasteiger partial charge >= 0.3 is 0 Å². The topological polar surface area (TPSA) is 71.1 Å². The summed E-state index contributed by atoms with van der Waals surface area (Å²) >= 11 is 8.79. The zero-order valence-electron chi connectivity index (χ0n) is 12.0. The van der Waals surface area contributed by atoms with Gasteiger partial charge in [-0.25, -0.2) is 4.98 Å². The van der Waals surface area contributed by atoms with E-state index in [2.05, 4.69) is 15.6 Å². The number of hydrogen-bond donors (Lipinski definition) is 2. The van der Waals surface area contributed by atoms with Gasteiger partial charge < -0.3 is 10.6 Å². The quantitative estimate of drug-likeness (QED) is 0.747. The molecule has 0 aliphatic rings. The smallest absolute Gasteiger partial charge is 0.239 e. The Morgan fingerprint density at radius 1 is 1.32 bits per heavy atom. The van der Waals surface area contributed by atoms with E-state index in [-0.39, 0.29) is 24.1 Å². The highest BCUT2D eigenvalue weighted by molar-refractivity contribution is 8.01. The van der Waals surface area contributed by atoms with Crippen molar-refractivity contribution in [1.82, 2.24) is 15.6 Å². The molecule has 0 aliphatic carbocycles. The molecule has 1 aromatic carbocycles. The maximum Gasteiger partial charge on any atom is 0.239 e. The van der Waals surface area contributed by atoms with Gasteiger partial charge in [0.15, 0.2) is 4.34 Å². The van der Waals surface area contributed by atoms with Crippen LogP contribution < -0.4 is 10.6 Å². The standard InChI is InChI=1S/C14H16ClN3O2S2/c1-2-5-16-12(19)7-17-13(20)8-21-14-18-10-6-9(15)3-4-11(10)22-14/h3-4,6H,2,5,7-8H2,1H3,(H,16,19)(H,17,20). The number of fused-ring (bicyclic) bond motifs is 1. The van der Waals surface area contributed by atoms with E-state index < -0.39 is 0 Å². The second-order valence-corrected chi connectivity index (χ2v) is 7.20. The fraction of sp³-hybridized carbons (Fsp3) is 0.357. The van der Waals surface area contributed by atoms with Gasteiger partial charge in [-0.2, -0.15) is 0 Å². The number of benzene rings is 1. The number of carbonyl (C=O) groups excluding carboxylic acids is 2. The maximum atomic E-state index is 11.7. The maximum absolute atomic E-state index is 11.7. The van der Waals surface area contributed by atoms with Crippen molar-refractivity contribution in [2.75, 3.05) is 18.8 Å². The van der Waals surface area contributed by atoms with Crippen LogP contribution in [-0.2, 0) is 9.59 Å². The van der Waals surface area contributed by atoms with Crippen LogP contribution in [0.2, 0.25) is 5.02 Å². The molecule has 0 fully saturated rings. The predicted octanol–water partition coefficient (Wildman–Crippen LogP) is 2.68. The lowest BCUT2D eigenvalue weighted by Gasteiger charge is -2.05. The molecule has 2 amide bonds.